The van der Waals surface area contributed by atoms with Gasteiger partial charge in [0.1, 0.15) is 11.9 Å². The first-order valence-electron chi connectivity index (χ1n) is 6.31. The summed E-state index contributed by atoms with van der Waals surface area (Å²) in [6.45, 7) is 4.21. The highest BCUT2D eigenvalue weighted by molar-refractivity contribution is 5.95. The van der Waals surface area contributed by atoms with E-state index in [-0.39, 0.29) is 5.91 Å². The van der Waals surface area contributed by atoms with Gasteiger partial charge < -0.3 is 10.1 Å². The van der Waals surface area contributed by atoms with Crippen LogP contribution in [-0.2, 0) is 17.6 Å². The van der Waals surface area contributed by atoms with Crippen LogP contribution in [0.5, 0.6) is 5.75 Å². The third kappa shape index (κ3) is 1.61. The molecule has 17 heavy (non-hydrogen) atoms. The van der Waals surface area contributed by atoms with Crippen molar-refractivity contribution in [2.24, 2.45) is 0 Å². The van der Waals surface area contributed by atoms with Gasteiger partial charge in [0.25, 0.3) is 0 Å². The van der Waals surface area contributed by atoms with Gasteiger partial charge in [0.2, 0.25) is 5.91 Å². The predicted octanol–water partition coefficient (Wildman–Crippen LogP) is 2.59. The summed E-state index contributed by atoms with van der Waals surface area (Å²) in [6.07, 6.45) is 3.74. The zero-order chi connectivity index (χ0) is 12.0. The second kappa shape index (κ2) is 3.76. The van der Waals surface area contributed by atoms with Crippen molar-refractivity contribution in [2.75, 3.05) is 5.32 Å². The summed E-state index contributed by atoms with van der Waals surface area (Å²) in [5, 5.41) is 2.97. The van der Waals surface area contributed by atoms with Gasteiger partial charge in [-0.25, -0.2) is 0 Å². The predicted molar refractivity (Wildman–Crippen MR) is 66.5 cm³/mol. The molecule has 0 saturated heterocycles. The smallest absolute Gasteiger partial charge is 0.224 e. The Labute approximate surface area is 101 Å². The van der Waals surface area contributed by atoms with Gasteiger partial charge in [0.05, 0.1) is 5.69 Å². The van der Waals surface area contributed by atoms with Crippen molar-refractivity contribution in [3.05, 3.63) is 22.8 Å². The van der Waals surface area contributed by atoms with E-state index in [9.17, 15) is 4.79 Å². The van der Waals surface area contributed by atoms with Crippen molar-refractivity contribution in [1.82, 2.24) is 0 Å². The van der Waals surface area contributed by atoms with Crippen LogP contribution in [0.25, 0.3) is 0 Å². The number of hydrogen-bond acceptors (Lipinski definition) is 2. The van der Waals surface area contributed by atoms with Crippen LogP contribution in [0.4, 0.5) is 5.69 Å². The molecule has 0 spiro atoms. The molecule has 90 valence electrons. The third-order valence-electron chi connectivity index (χ3n) is 3.71. The molecule has 1 aromatic rings. The normalized spacial score (nSPS) is 21.5. The fourth-order valence-electron chi connectivity index (χ4n) is 2.78. The van der Waals surface area contributed by atoms with Gasteiger partial charge in [-0.15, -0.1) is 0 Å². The van der Waals surface area contributed by atoms with Gasteiger partial charge in [-0.2, -0.15) is 0 Å². The first-order chi connectivity index (χ1) is 8.19. The molecule has 3 rings (SSSR count). The lowest BCUT2D eigenvalue weighted by molar-refractivity contribution is -0.116. The average molecular weight is 231 g/mol. The van der Waals surface area contributed by atoms with E-state index in [2.05, 4.69) is 25.2 Å². The maximum atomic E-state index is 11.4. The highest BCUT2D eigenvalue weighted by Gasteiger charge is 2.29. The molecule has 1 N–H and O–H groups in total. The van der Waals surface area contributed by atoms with Crippen LogP contribution in [0, 0.1) is 6.92 Å². The molecule has 3 nitrogen and oxygen atoms in total. The van der Waals surface area contributed by atoms with Crippen molar-refractivity contribution in [3.63, 3.8) is 0 Å². The first-order valence-corrected chi connectivity index (χ1v) is 6.31. The van der Waals surface area contributed by atoms with E-state index in [0.29, 0.717) is 12.5 Å². The number of benzene rings is 1. The summed E-state index contributed by atoms with van der Waals surface area (Å²) in [6, 6.07) is 2.16. The fourth-order valence-corrected chi connectivity index (χ4v) is 2.78. The van der Waals surface area contributed by atoms with E-state index in [1.165, 1.54) is 11.1 Å². The Hall–Kier alpha value is -1.51. The third-order valence-corrected chi connectivity index (χ3v) is 3.71. The van der Waals surface area contributed by atoms with Crippen LogP contribution in [0.2, 0.25) is 0 Å². The molecule has 1 aromatic carbocycles. The van der Waals surface area contributed by atoms with Crippen LogP contribution in [-0.4, -0.2) is 12.0 Å². The molecule has 2 aliphatic rings. The van der Waals surface area contributed by atoms with Gasteiger partial charge in [-0.1, -0.05) is 13.0 Å². The topological polar surface area (TPSA) is 38.3 Å². The molecule has 0 fully saturated rings. The van der Waals surface area contributed by atoms with Crippen molar-refractivity contribution in [3.8, 4) is 5.75 Å². The number of hydrogen-bond donors (Lipinski definition) is 1. The summed E-state index contributed by atoms with van der Waals surface area (Å²) in [5.41, 5.74) is 4.66. The summed E-state index contributed by atoms with van der Waals surface area (Å²) in [7, 11) is 0. The number of aryl methyl sites for hydroxylation is 1. The molecule has 0 aliphatic carbocycles. The van der Waals surface area contributed by atoms with Crippen LogP contribution in [0.15, 0.2) is 6.07 Å². The zero-order valence-corrected chi connectivity index (χ0v) is 10.3. The van der Waals surface area contributed by atoms with Crippen LogP contribution in [0.1, 0.15) is 36.5 Å². The first kappa shape index (κ1) is 10.6. The van der Waals surface area contributed by atoms with Crippen LogP contribution < -0.4 is 10.1 Å². The minimum Gasteiger partial charge on any atom is -0.489 e. The molecule has 1 amide bonds. The molecule has 0 radical (unpaired) electrons. The number of amides is 1. The molecule has 1 atom stereocenters. The number of rotatable bonds is 1. The van der Waals surface area contributed by atoms with Crippen molar-refractivity contribution in [1.29, 1.82) is 0 Å². The highest BCUT2D eigenvalue weighted by atomic mass is 16.5. The number of carbonyl (C=O) groups is 1. The lowest BCUT2D eigenvalue weighted by Gasteiger charge is -2.21. The van der Waals surface area contributed by atoms with Gasteiger partial charge >= 0.3 is 0 Å². The number of fused-ring (bicyclic) bond motifs is 3. The van der Waals surface area contributed by atoms with Crippen molar-refractivity contribution >= 4 is 11.6 Å². The van der Waals surface area contributed by atoms with Crippen molar-refractivity contribution < 1.29 is 9.53 Å². The molecule has 3 heteroatoms. The van der Waals surface area contributed by atoms with Gasteiger partial charge in [0.15, 0.2) is 0 Å². The van der Waals surface area contributed by atoms with E-state index >= 15 is 0 Å². The Morgan fingerprint density at radius 3 is 3.06 bits per heavy atom. The van der Waals surface area contributed by atoms with Crippen LogP contribution in [0.3, 0.4) is 0 Å². The largest absolute Gasteiger partial charge is 0.489 e. The fraction of sp³-hybridized carbons (Fsp3) is 0.500. The number of ether oxygens (including phenoxy) is 1. The molecule has 2 heterocycles. The standard InChI is InChI=1S/C14H17NO2/c1-3-10-7-9-6-8(2)13-11(14(9)17-10)4-5-12(16)15-13/h6,10H,3-5,7H2,1-2H3,(H,15,16). The maximum Gasteiger partial charge on any atom is 0.224 e. The summed E-state index contributed by atoms with van der Waals surface area (Å²) < 4.78 is 5.99. The van der Waals surface area contributed by atoms with E-state index in [1.807, 2.05) is 0 Å². The van der Waals surface area contributed by atoms with Crippen molar-refractivity contribution in [2.45, 2.75) is 45.6 Å². The highest BCUT2D eigenvalue weighted by Crippen LogP contribution is 2.41. The Balaban J connectivity index is 2.09. The second-order valence-corrected chi connectivity index (χ2v) is 4.94. The van der Waals surface area contributed by atoms with E-state index in [4.69, 9.17) is 4.74 Å². The number of anilines is 1. The molecule has 2 aliphatic heterocycles. The average Bonchev–Trinajstić information content (AvgIpc) is 2.72. The zero-order valence-electron chi connectivity index (χ0n) is 10.3. The summed E-state index contributed by atoms with van der Waals surface area (Å²) >= 11 is 0. The van der Waals surface area contributed by atoms with Gasteiger partial charge in [-0.3, -0.25) is 4.79 Å². The quantitative estimate of drug-likeness (QED) is 0.806. The molecule has 0 aromatic heterocycles. The van der Waals surface area contributed by atoms with E-state index < -0.39 is 0 Å². The lowest BCUT2D eigenvalue weighted by Crippen LogP contribution is -2.20. The Morgan fingerprint density at radius 2 is 2.29 bits per heavy atom. The van der Waals surface area contributed by atoms with Gasteiger partial charge in [0, 0.05) is 18.4 Å². The molecule has 0 bridgehead atoms. The molecular formula is C14H17NO2. The minimum atomic E-state index is 0.116. The van der Waals surface area contributed by atoms with E-state index in [1.54, 1.807) is 0 Å². The molecule has 0 saturated carbocycles. The Bertz CT molecular complexity index is 493. The monoisotopic (exact) mass is 231 g/mol. The lowest BCUT2D eigenvalue weighted by atomic mass is 9.94. The summed E-state index contributed by atoms with van der Waals surface area (Å²) in [5.74, 6) is 1.16. The Morgan fingerprint density at radius 1 is 1.47 bits per heavy atom. The molecular weight excluding hydrogens is 214 g/mol. The maximum absolute atomic E-state index is 11.4. The molecule has 1 unspecified atom stereocenters. The number of carbonyl (C=O) groups excluding carboxylic acids is 1. The van der Waals surface area contributed by atoms with Gasteiger partial charge in [-0.05, 0) is 30.9 Å². The Kier molecular flexibility index (Phi) is 2.35. The van der Waals surface area contributed by atoms with E-state index in [0.717, 1.165) is 36.3 Å². The SMILES string of the molecule is CCC1Cc2cc(C)c3c(c2O1)CCC(=O)N3. The van der Waals surface area contributed by atoms with Crippen LogP contribution >= 0.6 is 0 Å². The minimum absolute atomic E-state index is 0.116. The second-order valence-electron chi connectivity index (χ2n) is 4.94. The number of nitrogens with one attached hydrogen (secondary N) is 1. The summed E-state index contributed by atoms with van der Waals surface area (Å²) in [4.78, 5) is 11.4.